The van der Waals surface area contributed by atoms with Crippen LogP contribution in [0.4, 0.5) is 0 Å². The Morgan fingerprint density at radius 2 is 1.82 bits per heavy atom. The number of aromatic nitrogens is 1. The fourth-order valence-electron chi connectivity index (χ4n) is 4.82. The zero-order valence-corrected chi connectivity index (χ0v) is 27.3. The van der Waals surface area contributed by atoms with Crippen molar-refractivity contribution >= 4 is 36.9 Å². The van der Waals surface area contributed by atoms with Gasteiger partial charge in [-0.3, -0.25) is 9.69 Å². The van der Waals surface area contributed by atoms with Crippen molar-refractivity contribution in [3.8, 4) is 0 Å². The van der Waals surface area contributed by atoms with Gasteiger partial charge in [0.25, 0.3) is 5.91 Å². The molecule has 0 unspecified atom stereocenters. The lowest BCUT2D eigenvalue weighted by atomic mass is 9.89. The fourth-order valence-corrected chi connectivity index (χ4v) is 7.71. The monoisotopic (exact) mass is 577 g/mol. The Hall–Kier alpha value is -1.10. The lowest BCUT2D eigenvalue weighted by Gasteiger charge is -2.47. The number of carbonyl (C=O) groups is 1. The molecule has 2 aromatic rings. The molecule has 9 heteroatoms. The summed E-state index contributed by atoms with van der Waals surface area (Å²) in [5.41, 5.74) is 1.70. The van der Waals surface area contributed by atoms with E-state index in [4.69, 9.17) is 9.16 Å². The van der Waals surface area contributed by atoms with E-state index < -0.39 is 8.32 Å². The summed E-state index contributed by atoms with van der Waals surface area (Å²) < 4.78 is 12.7. The summed E-state index contributed by atoms with van der Waals surface area (Å²) in [6, 6.07) is 2.36. The van der Waals surface area contributed by atoms with Crippen molar-refractivity contribution in [2.75, 3.05) is 39.4 Å². The van der Waals surface area contributed by atoms with Gasteiger partial charge in [-0.25, -0.2) is 4.98 Å². The zero-order chi connectivity index (χ0) is 27.8. The number of thiophene rings is 1. The maximum absolute atomic E-state index is 13.3. The summed E-state index contributed by atoms with van der Waals surface area (Å²) in [6.07, 6.45) is 2.90. The van der Waals surface area contributed by atoms with Gasteiger partial charge in [-0.15, -0.1) is 22.7 Å². The second-order valence-electron chi connectivity index (χ2n) is 13.6. The van der Waals surface area contributed by atoms with Gasteiger partial charge in [0.05, 0.1) is 23.8 Å². The minimum absolute atomic E-state index is 0.0376. The van der Waals surface area contributed by atoms with Crippen LogP contribution in [0.3, 0.4) is 0 Å². The molecule has 1 amide bonds. The summed E-state index contributed by atoms with van der Waals surface area (Å²) in [7, 11) is -1.69. The molecule has 0 N–H and O–H groups in total. The van der Waals surface area contributed by atoms with Crippen molar-refractivity contribution in [3.05, 3.63) is 38.0 Å². The van der Waals surface area contributed by atoms with Gasteiger partial charge < -0.3 is 14.1 Å². The van der Waals surface area contributed by atoms with Crippen LogP contribution < -0.4 is 0 Å². The molecule has 38 heavy (non-hydrogen) atoms. The highest BCUT2D eigenvalue weighted by molar-refractivity contribution is 7.10. The first-order chi connectivity index (χ1) is 17.7. The highest BCUT2D eigenvalue weighted by atomic mass is 32.1. The standard InChI is InChI=1S/C29H47N3O3S2Si/c1-27(2,3)26-30-24(20-37-26)25(33)32-14-16-34-29(21-32)10-12-31(13-11-29)18-23-17-22(19-36-23)9-15-35-38(7,8)28(4,5)6/h17,19-20H,9-16,18,21H2,1-8H3. The number of thiazole rings is 1. The Morgan fingerprint density at radius 1 is 1.11 bits per heavy atom. The SMILES string of the molecule is CC(C)(C)c1nc(C(=O)N2CCOC3(CCN(Cc4cc(CCO[Si](C)(C)C(C)(C)C)cs4)CC3)C2)cs1. The summed E-state index contributed by atoms with van der Waals surface area (Å²) in [6.45, 7) is 23.6. The molecule has 2 aliphatic rings. The Balaban J connectivity index is 1.26. The van der Waals surface area contributed by atoms with Crippen LogP contribution in [0.2, 0.25) is 18.1 Å². The molecule has 2 aromatic heterocycles. The smallest absolute Gasteiger partial charge is 0.273 e. The van der Waals surface area contributed by atoms with Crippen LogP contribution in [0.25, 0.3) is 0 Å². The lowest BCUT2D eigenvalue weighted by molar-refractivity contribution is -0.127. The van der Waals surface area contributed by atoms with Crippen molar-refractivity contribution in [2.45, 2.75) is 96.5 Å². The van der Waals surface area contributed by atoms with E-state index in [-0.39, 0.29) is 22.0 Å². The van der Waals surface area contributed by atoms with Crippen LogP contribution in [0, 0.1) is 0 Å². The average Bonchev–Trinajstić information content (AvgIpc) is 3.50. The first-order valence-corrected chi connectivity index (χ1v) is 18.7. The first kappa shape index (κ1) is 29.9. The van der Waals surface area contributed by atoms with Crippen molar-refractivity contribution < 1.29 is 14.0 Å². The number of hydrogen-bond acceptors (Lipinski definition) is 7. The second kappa shape index (κ2) is 11.4. The highest BCUT2D eigenvalue weighted by Crippen LogP contribution is 2.37. The molecular formula is C29H47N3O3S2Si. The maximum Gasteiger partial charge on any atom is 0.273 e. The number of nitrogens with zero attached hydrogens (tertiary/aromatic N) is 3. The number of rotatable bonds is 7. The van der Waals surface area contributed by atoms with Gasteiger partial charge >= 0.3 is 0 Å². The van der Waals surface area contributed by atoms with Gasteiger partial charge in [0, 0.05) is 48.5 Å². The highest BCUT2D eigenvalue weighted by Gasteiger charge is 2.41. The molecule has 0 saturated carbocycles. The van der Waals surface area contributed by atoms with E-state index in [1.54, 1.807) is 11.3 Å². The summed E-state index contributed by atoms with van der Waals surface area (Å²) in [5, 5.41) is 5.48. The van der Waals surface area contributed by atoms with Crippen LogP contribution in [-0.2, 0) is 27.5 Å². The Kier molecular flexibility index (Phi) is 8.97. The number of morpholine rings is 1. The topological polar surface area (TPSA) is 54.9 Å². The van der Waals surface area contributed by atoms with E-state index in [2.05, 4.69) is 76.0 Å². The van der Waals surface area contributed by atoms with Gasteiger partial charge in [0.2, 0.25) is 0 Å². The Bertz CT molecular complexity index is 1090. The molecule has 2 saturated heterocycles. The van der Waals surface area contributed by atoms with Crippen molar-refractivity contribution in [3.63, 3.8) is 0 Å². The molecule has 0 aromatic carbocycles. The minimum Gasteiger partial charge on any atom is -0.416 e. The molecule has 2 fully saturated rings. The normalized spacial score (nSPS) is 19.3. The minimum atomic E-state index is -1.69. The van der Waals surface area contributed by atoms with Crippen LogP contribution in [0.1, 0.15) is 80.3 Å². The number of hydrogen-bond donors (Lipinski definition) is 0. The van der Waals surface area contributed by atoms with Crippen LogP contribution >= 0.6 is 22.7 Å². The Morgan fingerprint density at radius 3 is 2.45 bits per heavy atom. The van der Waals surface area contributed by atoms with E-state index in [0.29, 0.717) is 25.4 Å². The first-order valence-electron chi connectivity index (χ1n) is 14.0. The second-order valence-corrected chi connectivity index (χ2v) is 20.3. The predicted octanol–water partition coefficient (Wildman–Crippen LogP) is 6.57. The van der Waals surface area contributed by atoms with Gasteiger partial charge in [-0.1, -0.05) is 41.5 Å². The number of piperidine rings is 1. The molecule has 2 aliphatic heterocycles. The largest absolute Gasteiger partial charge is 0.416 e. The molecule has 0 atom stereocenters. The maximum atomic E-state index is 13.3. The van der Waals surface area contributed by atoms with Crippen LogP contribution in [-0.4, -0.2) is 74.0 Å². The van der Waals surface area contributed by atoms with E-state index in [9.17, 15) is 4.79 Å². The molecule has 1 spiro atoms. The predicted molar refractivity (Wildman–Crippen MR) is 161 cm³/mol. The average molecular weight is 578 g/mol. The number of carbonyl (C=O) groups excluding carboxylic acids is 1. The van der Waals surface area contributed by atoms with Crippen molar-refractivity contribution in [1.82, 2.24) is 14.8 Å². The molecule has 0 bridgehead atoms. The molecule has 212 valence electrons. The third-order valence-corrected chi connectivity index (χ3v) is 15.2. The van der Waals surface area contributed by atoms with Crippen LogP contribution in [0.5, 0.6) is 0 Å². The fraction of sp³-hybridized carbons (Fsp3) is 0.724. The summed E-state index contributed by atoms with van der Waals surface area (Å²) in [4.78, 5) is 23.8. The van der Waals surface area contributed by atoms with Gasteiger partial charge in [0.15, 0.2) is 8.32 Å². The van der Waals surface area contributed by atoms with Gasteiger partial charge in [-0.2, -0.15) is 0 Å². The molecule has 6 nitrogen and oxygen atoms in total. The lowest BCUT2D eigenvalue weighted by Crippen LogP contribution is -2.57. The van der Waals surface area contributed by atoms with E-state index in [1.807, 2.05) is 21.6 Å². The third kappa shape index (κ3) is 7.15. The summed E-state index contributed by atoms with van der Waals surface area (Å²) in [5.74, 6) is 0.0468. The number of ether oxygens (including phenoxy) is 1. The van der Waals surface area contributed by atoms with Crippen molar-refractivity contribution in [1.29, 1.82) is 0 Å². The van der Waals surface area contributed by atoms with Gasteiger partial charge in [0.1, 0.15) is 5.69 Å². The van der Waals surface area contributed by atoms with Crippen molar-refractivity contribution in [2.24, 2.45) is 0 Å². The molecule has 4 heterocycles. The molecule has 0 radical (unpaired) electrons. The molecule has 0 aliphatic carbocycles. The zero-order valence-electron chi connectivity index (χ0n) is 24.7. The third-order valence-electron chi connectivity index (χ3n) is 8.42. The van der Waals surface area contributed by atoms with Gasteiger partial charge in [-0.05, 0) is 54.4 Å². The van der Waals surface area contributed by atoms with E-state index in [0.717, 1.165) is 50.5 Å². The number of likely N-dealkylation sites (tertiary alicyclic amines) is 1. The summed E-state index contributed by atoms with van der Waals surface area (Å²) >= 11 is 3.45. The van der Waals surface area contributed by atoms with Crippen LogP contribution in [0.15, 0.2) is 16.8 Å². The molecule has 4 rings (SSSR count). The van der Waals surface area contributed by atoms with E-state index >= 15 is 0 Å². The number of amides is 1. The quantitative estimate of drug-likeness (QED) is 0.348. The molecular weight excluding hydrogens is 531 g/mol. The van der Waals surface area contributed by atoms with E-state index in [1.165, 1.54) is 10.4 Å². The Labute approximate surface area is 238 Å².